The standard InChI is InChI=1S/C28H25Cl2FN8O5S/c1-38(2)26-23-25(39(37-26)24-18(29)12-17(13-19(24)30)45(32,42)43)35-22(36-27(23)40)11-14-4-9-21(44-3)20(10-14)34-28(41)33-16-7-5-15(31)6-8-16/h4-10,12-13H,11H2,1-3H3,(H2,32,42,43)(H2,33,34,41)(H,35,36,40). The fourth-order valence-corrected chi connectivity index (χ4v) is 5.83. The summed E-state index contributed by atoms with van der Waals surface area (Å²) in [6.45, 7) is 0. The number of rotatable bonds is 8. The topological polar surface area (TPSA) is 177 Å². The summed E-state index contributed by atoms with van der Waals surface area (Å²) in [7, 11) is 0.706. The third-order valence-electron chi connectivity index (χ3n) is 6.51. The molecular formula is C28H25Cl2FN8O5S. The lowest BCUT2D eigenvalue weighted by molar-refractivity contribution is 0.262. The monoisotopic (exact) mass is 674 g/mol. The van der Waals surface area contributed by atoms with E-state index in [0.29, 0.717) is 22.7 Å². The zero-order valence-electron chi connectivity index (χ0n) is 23.9. The quantitative estimate of drug-likeness (QED) is 0.186. The van der Waals surface area contributed by atoms with Crippen LogP contribution in [0.25, 0.3) is 16.7 Å². The summed E-state index contributed by atoms with van der Waals surface area (Å²) in [5, 5.41) is 15.0. The van der Waals surface area contributed by atoms with Crippen molar-refractivity contribution in [3.05, 3.63) is 92.2 Å². The third kappa shape index (κ3) is 6.71. The van der Waals surface area contributed by atoms with Gasteiger partial charge < -0.3 is 25.3 Å². The first kappa shape index (κ1) is 31.7. The van der Waals surface area contributed by atoms with Crippen molar-refractivity contribution < 1.29 is 22.3 Å². The Labute approximate surface area is 265 Å². The molecule has 0 spiro atoms. The maximum atomic E-state index is 13.4. The molecule has 0 atom stereocenters. The van der Waals surface area contributed by atoms with Gasteiger partial charge in [-0.15, -0.1) is 5.10 Å². The zero-order chi connectivity index (χ0) is 32.6. The number of hydrogen-bond acceptors (Lipinski definition) is 8. The van der Waals surface area contributed by atoms with E-state index in [1.165, 1.54) is 36.1 Å². The number of nitrogens with one attached hydrogen (secondary N) is 3. The molecule has 0 saturated heterocycles. The van der Waals surface area contributed by atoms with Crippen molar-refractivity contribution in [3.8, 4) is 11.4 Å². The van der Waals surface area contributed by atoms with Crippen LogP contribution in [0.1, 0.15) is 11.4 Å². The Morgan fingerprint density at radius 2 is 1.76 bits per heavy atom. The summed E-state index contributed by atoms with van der Waals surface area (Å²) in [4.78, 5) is 34.8. The lowest BCUT2D eigenvalue weighted by Gasteiger charge is -2.13. The average molecular weight is 676 g/mol. The van der Waals surface area contributed by atoms with Gasteiger partial charge in [0.25, 0.3) is 5.56 Å². The number of anilines is 3. The lowest BCUT2D eigenvalue weighted by Crippen LogP contribution is -2.20. The minimum Gasteiger partial charge on any atom is -0.495 e. The van der Waals surface area contributed by atoms with Crippen molar-refractivity contribution in [2.75, 3.05) is 36.7 Å². The van der Waals surface area contributed by atoms with E-state index in [0.717, 1.165) is 12.1 Å². The van der Waals surface area contributed by atoms with E-state index in [4.69, 9.17) is 33.1 Å². The first-order valence-corrected chi connectivity index (χ1v) is 15.3. The number of nitrogens with two attached hydrogens (primary N) is 1. The van der Waals surface area contributed by atoms with Crippen LogP contribution in [0.5, 0.6) is 5.75 Å². The van der Waals surface area contributed by atoms with Crippen LogP contribution >= 0.6 is 23.2 Å². The number of methoxy groups -OCH3 is 1. The number of aromatic nitrogens is 4. The van der Waals surface area contributed by atoms with E-state index in [9.17, 15) is 22.4 Å². The highest BCUT2D eigenvalue weighted by molar-refractivity contribution is 7.89. The van der Waals surface area contributed by atoms with E-state index in [-0.39, 0.29) is 49.7 Å². The summed E-state index contributed by atoms with van der Waals surface area (Å²) in [5.74, 6) is 0.424. The van der Waals surface area contributed by atoms with Gasteiger partial charge in [0.2, 0.25) is 10.0 Å². The number of aromatic amines is 1. The molecule has 13 nitrogen and oxygen atoms in total. The van der Waals surface area contributed by atoms with Crippen LogP contribution in [0.2, 0.25) is 10.0 Å². The normalized spacial score (nSPS) is 11.4. The zero-order valence-corrected chi connectivity index (χ0v) is 26.2. The van der Waals surface area contributed by atoms with Crippen LogP contribution in [-0.2, 0) is 16.4 Å². The molecule has 0 saturated carbocycles. The molecule has 45 heavy (non-hydrogen) atoms. The highest BCUT2D eigenvalue weighted by Crippen LogP contribution is 2.35. The predicted molar refractivity (Wildman–Crippen MR) is 170 cm³/mol. The minimum atomic E-state index is -4.11. The number of nitrogens with zero attached hydrogens (tertiary/aromatic N) is 4. The molecule has 0 fully saturated rings. The number of H-pyrrole nitrogens is 1. The molecule has 5 rings (SSSR count). The number of benzene rings is 3. The van der Waals surface area contributed by atoms with Gasteiger partial charge in [-0.05, 0) is 54.1 Å². The first-order valence-electron chi connectivity index (χ1n) is 13.0. The van der Waals surface area contributed by atoms with Gasteiger partial charge in [-0.2, -0.15) is 0 Å². The SMILES string of the molecule is COc1ccc(Cc2nc3c(c(N(C)C)nn3-c3c(Cl)cc(S(N)(=O)=O)cc3Cl)c(=O)[nH]2)cc1NC(=O)Nc1ccc(F)cc1. The molecule has 17 heteroatoms. The maximum absolute atomic E-state index is 13.4. The Balaban J connectivity index is 1.53. The Bertz CT molecular complexity index is 2100. The van der Waals surface area contributed by atoms with E-state index in [1.54, 1.807) is 37.2 Å². The molecule has 5 N–H and O–H groups in total. The number of carbonyl (C=O) groups excluding carboxylic acids is 1. The van der Waals surface area contributed by atoms with Crippen molar-refractivity contribution in [3.63, 3.8) is 0 Å². The van der Waals surface area contributed by atoms with Crippen LogP contribution in [0.15, 0.2) is 64.3 Å². The van der Waals surface area contributed by atoms with E-state index in [1.807, 2.05) is 0 Å². The van der Waals surface area contributed by atoms with Gasteiger partial charge in [0, 0.05) is 26.2 Å². The molecule has 0 radical (unpaired) electrons. The molecule has 0 unspecified atom stereocenters. The van der Waals surface area contributed by atoms with Crippen LogP contribution < -0.4 is 31.0 Å². The number of ether oxygens (including phenoxy) is 1. The molecule has 0 aliphatic carbocycles. The second-order valence-corrected chi connectivity index (χ2v) is 12.3. The molecule has 5 aromatic rings. The fraction of sp³-hybridized carbons (Fsp3) is 0.143. The lowest BCUT2D eigenvalue weighted by atomic mass is 10.1. The second-order valence-electron chi connectivity index (χ2n) is 9.92. The molecule has 0 bridgehead atoms. The number of hydrogen-bond donors (Lipinski definition) is 4. The Morgan fingerprint density at radius 3 is 2.36 bits per heavy atom. The highest BCUT2D eigenvalue weighted by atomic mass is 35.5. The summed E-state index contributed by atoms with van der Waals surface area (Å²) in [5.41, 5.74) is 1.05. The van der Waals surface area contributed by atoms with Crippen molar-refractivity contribution in [2.45, 2.75) is 11.3 Å². The molecule has 2 amide bonds. The van der Waals surface area contributed by atoms with Gasteiger partial charge in [0.05, 0.1) is 27.7 Å². The first-order chi connectivity index (χ1) is 21.2. The van der Waals surface area contributed by atoms with Gasteiger partial charge in [0.1, 0.15) is 28.5 Å². The van der Waals surface area contributed by atoms with Crippen molar-refractivity contribution >= 4 is 67.5 Å². The third-order valence-corrected chi connectivity index (χ3v) is 7.98. The summed E-state index contributed by atoms with van der Waals surface area (Å²) in [6, 6.07) is 12.0. The van der Waals surface area contributed by atoms with Crippen molar-refractivity contribution in [1.82, 2.24) is 19.7 Å². The Kier molecular flexibility index (Phi) is 8.71. The molecular weight excluding hydrogens is 650 g/mol. The maximum Gasteiger partial charge on any atom is 0.323 e. The fourth-order valence-electron chi connectivity index (χ4n) is 4.49. The molecule has 3 aromatic carbocycles. The molecule has 234 valence electrons. The summed E-state index contributed by atoms with van der Waals surface area (Å²) in [6.07, 6.45) is 0.109. The molecule has 2 aromatic heterocycles. The van der Waals surface area contributed by atoms with Gasteiger partial charge in [-0.3, -0.25) is 4.79 Å². The van der Waals surface area contributed by atoms with Crippen LogP contribution in [0.4, 0.5) is 26.4 Å². The highest BCUT2D eigenvalue weighted by Gasteiger charge is 2.24. The van der Waals surface area contributed by atoms with Crippen molar-refractivity contribution in [1.29, 1.82) is 0 Å². The van der Waals surface area contributed by atoms with Gasteiger partial charge >= 0.3 is 6.03 Å². The predicted octanol–water partition coefficient (Wildman–Crippen LogP) is 4.51. The summed E-state index contributed by atoms with van der Waals surface area (Å²) < 4.78 is 43.7. The van der Waals surface area contributed by atoms with E-state index in [2.05, 4.69) is 25.7 Å². The minimum absolute atomic E-state index is 0.0883. The summed E-state index contributed by atoms with van der Waals surface area (Å²) >= 11 is 12.9. The van der Waals surface area contributed by atoms with Crippen molar-refractivity contribution in [2.24, 2.45) is 5.14 Å². The van der Waals surface area contributed by atoms with Gasteiger partial charge in [-0.1, -0.05) is 29.3 Å². The smallest absolute Gasteiger partial charge is 0.323 e. The number of urea groups is 1. The number of carbonyl (C=O) groups is 1. The van der Waals surface area contributed by atoms with Crippen LogP contribution in [0.3, 0.4) is 0 Å². The van der Waals surface area contributed by atoms with Gasteiger partial charge in [0.15, 0.2) is 11.5 Å². The number of halogens is 3. The largest absolute Gasteiger partial charge is 0.495 e. The Morgan fingerprint density at radius 1 is 1.09 bits per heavy atom. The van der Waals surface area contributed by atoms with Crippen LogP contribution in [0, 0.1) is 5.82 Å². The Hall–Kier alpha value is -4.70. The number of amides is 2. The van der Waals surface area contributed by atoms with E-state index >= 15 is 0 Å². The number of primary sulfonamides is 1. The number of sulfonamides is 1. The number of fused-ring (bicyclic) bond motifs is 1. The molecule has 0 aliphatic heterocycles. The van der Waals surface area contributed by atoms with Gasteiger partial charge in [-0.25, -0.2) is 32.4 Å². The van der Waals surface area contributed by atoms with Crippen LogP contribution in [-0.4, -0.2) is 55.4 Å². The molecule has 2 heterocycles. The molecule has 0 aliphatic rings. The van der Waals surface area contributed by atoms with E-state index < -0.39 is 27.4 Å². The second kappa shape index (κ2) is 12.4. The average Bonchev–Trinajstić information content (AvgIpc) is 3.33.